The van der Waals surface area contributed by atoms with Crippen LogP contribution in [0.3, 0.4) is 0 Å². The first kappa shape index (κ1) is 20.9. The number of nitrogens with one attached hydrogen (secondary N) is 1. The SMILES string of the molecule is CCC(C)c1ccc2oc(-c3cccc(NC(=O)c4cc(Cl)ccc4OC)c3)nc2c1. The molecule has 0 aliphatic heterocycles. The summed E-state index contributed by atoms with van der Waals surface area (Å²) in [6.45, 7) is 4.37. The number of halogens is 1. The number of benzene rings is 3. The highest BCUT2D eigenvalue weighted by molar-refractivity contribution is 6.31. The predicted molar refractivity (Wildman–Crippen MR) is 124 cm³/mol. The molecule has 0 fully saturated rings. The Morgan fingerprint density at radius 1 is 1.16 bits per heavy atom. The van der Waals surface area contributed by atoms with Crippen LogP contribution in [0.4, 0.5) is 5.69 Å². The molecular weight excluding hydrogens is 412 g/mol. The van der Waals surface area contributed by atoms with Crippen LogP contribution in [0.2, 0.25) is 5.02 Å². The first-order chi connectivity index (χ1) is 15.0. The maximum atomic E-state index is 12.8. The number of rotatable bonds is 6. The van der Waals surface area contributed by atoms with Gasteiger partial charge in [0.2, 0.25) is 5.89 Å². The van der Waals surface area contributed by atoms with Gasteiger partial charge in [-0.1, -0.05) is 37.6 Å². The van der Waals surface area contributed by atoms with Gasteiger partial charge in [0, 0.05) is 16.3 Å². The molecule has 0 saturated carbocycles. The molecule has 158 valence electrons. The van der Waals surface area contributed by atoms with Gasteiger partial charge in [-0.2, -0.15) is 0 Å². The van der Waals surface area contributed by atoms with Gasteiger partial charge in [0.25, 0.3) is 5.91 Å². The van der Waals surface area contributed by atoms with E-state index in [4.69, 9.17) is 20.8 Å². The summed E-state index contributed by atoms with van der Waals surface area (Å²) in [5.41, 5.74) is 4.56. The van der Waals surface area contributed by atoms with Crippen molar-refractivity contribution in [3.63, 3.8) is 0 Å². The van der Waals surface area contributed by atoms with Gasteiger partial charge in [-0.25, -0.2) is 4.98 Å². The number of oxazole rings is 1. The molecule has 31 heavy (non-hydrogen) atoms. The van der Waals surface area contributed by atoms with E-state index in [-0.39, 0.29) is 5.91 Å². The van der Waals surface area contributed by atoms with Crippen molar-refractivity contribution in [2.24, 2.45) is 0 Å². The van der Waals surface area contributed by atoms with Gasteiger partial charge in [0.1, 0.15) is 11.3 Å². The molecule has 0 aliphatic carbocycles. The number of nitrogens with zero attached hydrogens (tertiary/aromatic N) is 1. The Kier molecular flexibility index (Phi) is 5.96. The lowest BCUT2D eigenvalue weighted by molar-refractivity contribution is 0.102. The van der Waals surface area contributed by atoms with Gasteiger partial charge in [0.15, 0.2) is 5.58 Å². The van der Waals surface area contributed by atoms with Crippen LogP contribution in [0.15, 0.2) is 65.1 Å². The van der Waals surface area contributed by atoms with Crippen LogP contribution < -0.4 is 10.1 Å². The molecule has 0 radical (unpaired) electrons. The number of fused-ring (bicyclic) bond motifs is 1. The molecule has 1 unspecified atom stereocenters. The lowest BCUT2D eigenvalue weighted by Gasteiger charge is -2.10. The summed E-state index contributed by atoms with van der Waals surface area (Å²) in [6.07, 6.45) is 1.06. The second-order valence-corrected chi connectivity index (χ2v) is 7.87. The predicted octanol–water partition coefficient (Wildman–Crippen LogP) is 6.92. The van der Waals surface area contributed by atoms with E-state index in [1.54, 1.807) is 18.2 Å². The minimum Gasteiger partial charge on any atom is -0.496 e. The lowest BCUT2D eigenvalue weighted by Crippen LogP contribution is -2.13. The Morgan fingerprint density at radius 3 is 2.77 bits per heavy atom. The molecule has 0 saturated heterocycles. The van der Waals surface area contributed by atoms with Crippen LogP contribution in [0.1, 0.15) is 42.1 Å². The lowest BCUT2D eigenvalue weighted by atomic mass is 9.98. The summed E-state index contributed by atoms with van der Waals surface area (Å²) in [4.78, 5) is 17.4. The van der Waals surface area contributed by atoms with Crippen LogP contribution in [-0.4, -0.2) is 18.0 Å². The van der Waals surface area contributed by atoms with E-state index in [1.807, 2.05) is 30.3 Å². The fourth-order valence-corrected chi connectivity index (χ4v) is 3.57. The van der Waals surface area contributed by atoms with Crippen LogP contribution >= 0.6 is 11.6 Å². The number of carbonyl (C=O) groups is 1. The molecule has 1 atom stereocenters. The van der Waals surface area contributed by atoms with Crippen molar-refractivity contribution in [1.29, 1.82) is 0 Å². The molecule has 6 heteroatoms. The molecule has 4 aromatic rings. The minimum atomic E-state index is -0.313. The Labute approximate surface area is 186 Å². The van der Waals surface area contributed by atoms with Crippen LogP contribution in [0.25, 0.3) is 22.6 Å². The molecular formula is C25H23ClN2O3. The second-order valence-electron chi connectivity index (χ2n) is 7.44. The average Bonchev–Trinajstić information content (AvgIpc) is 3.22. The quantitative estimate of drug-likeness (QED) is 0.357. The number of hydrogen-bond acceptors (Lipinski definition) is 4. The summed E-state index contributed by atoms with van der Waals surface area (Å²) >= 11 is 6.05. The fourth-order valence-electron chi connectivity index (χ4n) is 3.40. The number of aromatic nitrogens is 1. The Morgan fingerprint density at radius 2 is 2.00 bits per heavy atom. The van der Waals surface area contributed by atoms with Crippen LogP contribution in [0.5, 0.6) is 5.75 Å². The first-order valence-corrected chi connectivity index (χ1v) is 10.5. The van der Waals surface area contributed by atoms with Gasteiger partial charge >= 0.3 is 0 Å². The van der Waals surface area contributed by atoms with Gasteiger partial charge in [-0.05, 0) is 66.4 Å². The minimum absolute atomic E-state index is 0.313. The zero-order valence-corrected chi connectivity index (χ0v) is 18.4. The molecule has 1 N–H and O–H groups in total. The van der Waals surface area contributed by atoms with Crippen molar-refractivity contribution in [1.82, 2.24) is 4.98 Å². The molecule has 1 amide bonds. The highest BCUT2D eigenvalue weighted by Crippen LogP contribution is 2.30. The van der Waals surface area contributed by atoms with Crippen molar-refractivity contribution >= 4 is 34.3 Å². The topological polar surface area (TPSA) is 64.4 Å². The first-order valence-electron chi connectivity index (χ1n) is 10.1. The average molecular weight is 435 g/mol. The van der Waals surface area contributed by atoms with E-state index in [0.717, 1.165) is 23.1 Å². The zero-order chi connectivity index (χ0) is 22.0. The van der Waals surface area contributed by atoms with E-state index in [0.29, 0.717) is 33.8 Å². The Bertz CT molecular complexity index is 1250. The highest BCUT2D eigenvalue weighted by atomic mass is 35.5. The normalized spacial score (nSPS) is 12.0. The molecule has 3 aromatic carbocycles. The molecule has 4 rings (SSSR count). The van der Waals surface area contributed by atoms with E-state index >= 15 is 0 Å². The third-order valence-electron chi connectivity index (χ3n) is 5.37. The molecule has 0 bridgehead atoms. The summed E-state index contributed by atoms with van der Waals surface area (Å²) < 4.78 is 11.2. The maximum Gasteiger partial charge on any atom is 0.259 e. The molecule has 0 aliphatic rings. The van der Waals surface area contributed by atoms with E-state index < -0.39 is 0 Å². The van der Waals surface area contributed by atoms with Crippen molar-refractivity contribution in [3.8, 4) is 17.2 Å². The van der Waals surface area contributed by atoms with Crippen molar-refractivity contribution in [2.45, 2.75) is 26.2 Å². The highest BCUT2D eigenvalue weighted by Gasteiger charge is 2.15. The zero-order valence-electron chi connectivity index (χ0n) is 17.6. The number of methoxy groups -OCH3 is 1. The summed E-state index contributed by atoms with van der Waals surface area (Å²) in [7, 11) is 1.51. The number of hydrogen-bond donors (Lipinski definition) is 1. The third-order valence-corrected chi connectivity index (χ3v) is 5.60. The number of carbonyl (C=O) groups excluding carboxylic acids is 1. The van der Waals surface area contributed by atoms with E-state index in [1.165, 1.54) is 12.7 Å². The molecule has 1 aromatic heterocycles. The van der Waals surface area contributed by atoms with E-state index in [2.05, 4.69) is 36.3 Å². The van der Waals surface area contributed by atoms with Crippen LogP contribution in [-0.2, 0) is 0 Å². The van der Waals surface area contributed by atoms with Gasteiger partial charge < -0.3 is 14.5 Å². The summed E-state index contributed by atoms with van der Waals surface area (Å²) in [5.74, 6) is 1.11. The summed E-state index contributed by atoms with van der Waals surface area (Å²) in [6, 6.07) is 18.4. The third kappa shape index (κ3) is 4.42. The smallest absolute Gasteiger partial charge is 0.259 e. The second kappa shape index (κ2) is 8.82. The largest absolute Gasteiger partial charge is 0.496 e. The molecule has 5 nitrogen and oxygen atoms in total. The number of amides is 1. The van der Waals surface area contributed by atoms with Gasteiger partial charge in [-0.3, -0.25) is 4.79 Å². The number of anilines is 1. The van der Waals surface area contributed by atoms with Crippen molar-refractivity contribution in [3.05, 3.63) is 76.8 Å². The molecule has 0 spiro atoms. The number of ether oxygens (including phenoxy) is 1. The summed E-state index contributed by atoms with van der Waals surface area (Å²) in [5, 5.41) is 3.35. The maximum absolute atomic E-state index is 12.8. The van der Waals surface area contributed by atoms with Crippen molar-refractivity contribution < 1.29 is 13.9 Å². The Hall–Kier alpha value is -3.31. The van der Waals surface area contributed by atoms with E-state index in [9.17, 15) is 4.79 Å². The standard InChI is InChI=1S/C25H23ClN2O3/c1-4-15(2)16-8-10-23-21(13-16)28-25(31-23)17-6-5-7-19(12-17)27-24(29)20-14-18(26)9-11-22(20)30-3/h5-15H,4H2,1-3H3,(H,27,29). The van der Waals surface area contributed by atoms with Gasteiger partial charge in [0.05, 0.1) is 12.7 Å². The van der Waals surface area contributed by atoms with Crippen molar-refractivity contribution in [2.75, 3.05) is 12.4 Å². The monoisotopic (exact) mass is 434 g/mol. The fraction of sp³-hybridized carbons (Fsp3) is 0.200. The van der Waals surface area contributed by atoms with Gasteiger partial charge in [-0.15, -0.1) is 0 Å². The Balaban J connectivity index is 1.61. The molecule has 1 heterocycles. The van der Waals surface area contributed by atoms with Crippen LogP contribution in [0, 0.1) is 0 Å².